The van der Waals surface area contributed by atoms with E-state index in [1.54, 1.807) is 31.4 Å². The molecule has 1 aromatic heterocycles. The zero-order valence-corrected chi connectivity index (χ0v) is 21.4. The number of aliphatic hydroxyl groups is 1. The van der Waals surface area contributed by atoms with E-state index in [9.17, 15) is 14.7 Å². The number of nitrogens with zero attached hydrogens (tertiary/aromatic N) is 2. The molecule has 192 valence electrons. The van der Waals surface area contributed by atoms with Gasteiger partial charge in [-0.25, -0.2) is 0 Å². The molecule has 0 bridgehead atoms. The number of ketones is 1. The third-order valence-electron chi connectivity index (χ3n) is 6.43. The van der Waals surface area contributed by atoms with E-state index in [2.05, 4.69) is 18.8 Å². The van der Waals surface area contributed by atoms with Gasteiger partial charge in [0.25, 0.3) is 11.7 Å². The average molecular weight is 501 g/mol. The molecule has 1 N–H and O–H groups in total. The van der Waals surface area contributed by atoms with Crippen LogP contribution in [0.4, 0.5) is 0 Å². The quantitative estimate of drug-likeness (QED) is 0.234. The second-order valence-electron chi connectivity index (χ2n) is 9.41. The van der Waals surface area contributed by atoms with E-state index in [1.165, 1.54) is 17.3 Å². The minimum atomic E-state index is -0.782. The molecule has 1 amide bonds. The third-order valence-corrected chi connectivity index (χ3v) is 6.43. The lowest BCUT2D eigenvalue weighted by molar-refractivity contribution is -0.139. The summed E-state index contributed by atoms with van der Waals surface area (Å²) in [6.45, 7) is 5.11. The zero-order chi connectivity index (χ0) is 26.4. The Labute approximate surface area is 217 Å². The van der Waals surface area contributed by atoms with Crippen molar-refractivity contribution < 1.29 is 24.2 Å². The molecule has 2 aromatic carbocycles. The summed E-state index contributed by atoms with van der Waals surface area (Å²) in [5, 5.41) is 11.2. The highest BCUT2D eigenvalue weighted by Crippen LogP contribution is 2.42. The summed E-state index contributed by atoms with van der Waals surface area (Å²) in [5.74, 6) is -0.00977. The van der Waals surface area contributed by atoms with Crippen molar-refractivity contribution in [3.63, 3.8) is 0 Å². The Morgan fingerprint density at radius 2 is 1.76 bits per heavy atom. The first-order valence-electron chi connectivity index (χ1n) is 12.4. The topological polar surface area (TPSA) is 89.0 Å². The molecular weight excluding hydrogens is 468 g/mol. The fourth-order valence-corrected chi connectivity index (χ4v) is 4.39. The number of ether oxygens (including phenoxy) is 2. The fourth-order valence-electron chi connectivity index (χ4n) is 4.39. The maximum atomic E-state index is 13.3. The first-order chi connectivity index (χ1) is 17.9. The van der Waals surface area contributed by atoms with Gasteiger partial charge in [0.2, 0.25) is 0 Å². The molecule has 2 heterocycles. The predicted molar refractivity (Wildman–Crippen MR) is 141 cm³/mol. The van der Waals surface area contributed by atoms with Crippen LogP contribution in [-0.4, -0.2) is 46.9 Å². The van der Waals surface area contributed by atoms with E-state index in [0.717, 1.165) is 12.0 Å². The molecule has 37 heavy (non-hydrogen) atoms. The standard InChI is InChI=1S/C30H32N2O5/c1-20(2)14-18-37-24-10-9-23(19-25(24)36-3)27-26(28(33)22-11-15-31-16-12-22)29(34)30(35)32(27)17-13-21-7-5-4-6-8-21/h4-12,15-16,19-20,27,33H,13-14,17-18H2,1-3H3/b28-26+. The minimum Gasteiger partial charge on any atom is -0.507 e. The minimum absolute atomic E-state index is 0.0415. The molecule has 1 saturated heterocycles. The highest BCUT2D eigenvalue weighted by atomic mass is 16.5. The van der Waals surface area contributed by atoms with Crippen molar-refractivity contribution in [3.8, 4) is 11.5 Å². The second-order valence-corrected chi connectivity index (χ2v) is 9.41. The fraction of sp³-hybridized carbons (Fsp3) is 0.300. The zero-order valence-electron chi connectivity index (χ0n) is 21.4. The van der Waals surface area contributed by atoms with Crippen molar-refractivity contribution >= 4 is 17.4 Å². The molecule has 7 nitrogen and oxygen atoms in total. The number of aromatic nitrogens is 1. The lowest BCUT2D eigenvalue weighted by Gasteiger charge is -2.26. The maximum absolute atomic E-state index is 13.3. The Morgan fingerprint density at radius 3 is 2.43 bits per heavy atom. The largest absolute Gasteiger partial charge is 0.507 e. The highest BCUT2D eigenvalue weighted by Gasteiger charge is 2.46. The lowest BCUT2D eigenvalue weighted by atomic mass is 9.95. The monoisotopic (exact) mass is 500 g/mol. The molecule has 0 saturated carbocycles. The van der Waals surface area contributed by atoms with E-state index >= 15 is 0 Å². The number of Topliss-reactive ketones (excluding diaryl/α,β-unsaturated/α-hetero) is 1. The summed E-state index contributed by atoms with van der Waals surface area (Å²) in [5.41, 5.74) is 2.15. The van der Waals surface area contributed by atoms with Gasteiger partial charge in [-0.15, -0.1) is 0 Å². The summed E-state index contributed by atoms with van der Waals surface area (Å²) < 4.78 is 11.5. The van der Waals surface area contributed by atoms with Gasteiger partial charge in [-0.1, -0.05) is 50.2 Å². The Bertz CT molecular complexity index is 1270. The SMILES string of the molecule is COc1cc(C2/C(=C(\O)c3ccncc3)C(=O)C(=O)N2CCc2ccccc2)ccc1OCCC(C)C. The van der Waals surface area contributed by atoms with Gasteiger partial charge in [-0.3, -0.25) is 14.6 Å². The van der Waals surface area contributed by atoms with Gasteiger partial charge >= 0.3 is 0 Å². The van der Waals surface area contributed by atoms with Crippen LogP contribution in [0, 0.1) is 5.92 Å². The maximum Gasteiger partial charge on any atom is 0.295 e. The number of hydrogen-bond acceptors (Lipinski definition) is 6. The molecule has 1 fully saturated rings. The summed E-state index contributed by atoms with van der Waals surface area (Å²) in [6, 6.07) is 17.6. The van der Waals surface area contributed by atoms with Crippen LogP contribution in [-0.2, 0) is 16.0 Å². The molecule has 1 unspecified atom stereocenters. The number of amides is 1. The number of pyridine rings is 1. The van der Waals surface area contributed by atoms with Crippen molar-refractivity contribution in [2.75, 3.05) is 20.3 Å². The summed E-state index contributed by atoms with van der Waals surface area (Å²) >= 11 is 0. The van der Waals surface area contributed by atoms with Gasteiger partial charge in [-0.2, -0.15) is 0 Å². The van der Waals surface area contributed by atoms with Gasteiger partial charge in [-0.05, 0) is 54.2 Å². The molecular formula is C30H32N2O5. The van der Waals surface area contributed by atoms with Crippen LogP contribution >= 0.6 is 0 Å². The van der Waals surface area contributed by atoms with Crippen molar-refractivity contribution in [1.82, 2.24) is 9.88 Å². The molecule has 0 radical (unpaired) electrons. The molecule has 1 atom stereocenters. The van der Waals surface area contributed by atoms with E-state index in [-0.39, 0.29) is 11.3 Å². The van der Waals surface area contributed by atoms with Crippen molar-refractivity contribution in [1.29, 1.82) is 0 Å². The van der Waals surface area contributed by atoms with Gasteiger partial charge in [0.1, 0.15) is 5.76 Å². The van der Waals surface area contributed by atoms with Gasteiger partial charge in [0.05, 0.1) is 25.3 Å². The van der Waals surface area contributed by atoms with E-state index in [1.807, 2.05) is 36.4 Å². The van der Waals surface area contributed by atoms with Crippen LogP contribution < -0.4 is 9.47 Å². The van der Waals surface area contributed by atoms with Gasteiger partial charge in [0.15, 0.2) is 11.5 Å². The summed E-state index contributed by atoms with van der Waals surface area (Å²) in [7, 11) is 1.55. The van der Waals surface area contributed by atoms with Gasteiger partial charge in [0, 0.05) is 24.5 Å². The number of methoxy groups -OCH3 is 1. The molecule has 3 aromatic rings. The van der Waals surface area contributed by atoms with Gasteiger partial charge < -0.3 is 19.5 Å². The second kappa shape index (κ2) is 11.7. The van der Waals surface area contributed by atoms with Crippen LogP contribution in [0.5, 0.6) is 11.5 Å². The average Bonchev–Trinajstić information content (AvgIpc) is 3.17. The molecule has 0 spiro atoms. The number of aliphatic hydroxyl groups excluding tert-OH is 1. The first-order valence-corrected chi connectivity index (χ1v) is 12.4. The summed E-state index contributed by atoms with van der Waals surface area (Å²) in [6.07, 6.45) is 4.52. The number of likely N-dealkylation sites (tertiary alicyclic amines) is 1. The normalized spacial score (nSPS) is 16.9. The molecule has 0 aliphatic carbocycles. The molecule has 7 heteroatoms. The molecule has 1 aliphatic heterocycles. The lowest BCUT2D eigenvalue weighted by Crippen LogP contribution is -2.31. The van der Waals surface area contributed by atoms with Crippen LogP contribution in [0.25, 0.3) is 5.76 Å². The number of hydrogen-bond donors (Lipinski definition) is 1. The Hall–Kier alpha value is -4.13. The van der Waals surface area contributed by atoms with Crippen molar-refractivity contribution in [2.45, 2.75) is 32.7 Å². The highest BCUT2D eigenvalue weighted by molar-refractivity contribution is 6.46. The number of carbonyl (C=O) groups is 2. The third kappa shape index (κ3) is 5.82. The number of carbonyl (C=O) groups excluding carboxylic acids is 2. The Balaban J connectivity index is 1.75. The Morgan fingerprint density at radius 1 is 1.03 bits per heavy atom. The van der Waals surface area contributed by atoms with Crippen molar-refractivity contribution in [3.05, 3.63) is 95.3 Å². The summed E-state index contributed by atoms with van der Waals surface area (Å²) in [4.78, 5) is 32.0. The van der Waals surface area contributed by atoms with Crippen LogP contribution in [0.1, 0.15) is 43.0 Å². The smallest absolute Gasteiger partial charge is 0.295 e. The molecule has 1 aliphatic rings. The van der Waals surface area contributed by atoms with Crippen LogP contribution in [0.2, 0.25) is 0 Å². The molecule has 4 rings (SSSR count). The number of benzene rings is 2. The van der Waals surface area contributed by atoms with E-state index in [4.69, 9.17) is 9.47 Å². The van der Waals surface area contributed by atoms with Crippen LogP contribution in [0.15, 0.2) is 78.6 Å². The van der Waals surface area contributed by atoms with Crippen molar-refractivity contribution in [2.24, 2.45) is 5.92 Å². The predicted octanol–water partition coefficient (Wildman–Crippen LogP) is 5.18. The number of rotatable bonds is 10. The first kappa shape index (κ1) is 25.9. The van der Waals surface area contributed by atoms with Crippen LogP contribution in [0.3, 0.4) is 0 Å². The Kier molecular flexibility index (Phi) is 8.23. The van der Waals surface area contributed by atoms with E-state index in [0.29, 0.717) is 48.1 Å². The van der Waals surface area contributed by atoms with E-state index < -0.39 is 17.7 Å².